The van der Waals surface area contributed by atoms with Crippen LogP contribution in [0.1, 0.15) is 45.4 Å². The Bertz CT molecular complexity index is 990. The summed E-state index contributed by atoms with van der Waals surface area (Å²) >= 11 is 0. The third kappa shape index (κ3) is 6.02. The molecule has 4 rings (SSSR count). The Morgan fingerprint density at radius 3 is 2.47 bits per heavy atom. The van der Waals surface area contributed by atoms with E-state index in [1.54, 1.807) is 11.0 Å². The molecule has 3 heterocycles. The second-order valence-electron chi connectivity index (χ2n) is 9.49. The molecular weight excluding hydrogens is 458 g/mol. The van der Waals surface area contributed by atoms with E-state index >= 15 is 0 Å². The quantitative estimate of drug-likeness (QED) is 0.650. The van der Waals surface area contributed by atoms with Gasteiger partial charge in [0.1, 0.15) is 0 Å². The Labute approximate surface area is 201 Å². The van der Waals surface area contributed by atoms with E-state index in [9.17, 15) is 18.0 Å². The number of ether oxygens (including phenoxy) is 2. The van der Waals surface area contributed by atoms with E-state index in [0.717, 1.165) is 25.9 Å². The molecule has 1 N–H and O–H groups in total. The highest BCUT2D eigenvalue weighted by atomic mass is 32.2. The SMILES string of the molecule is CC1CCCN(C(=O)C2CCN(C(=O)CCNS(=O)(=O)c3ccc4c(c3)OCCCO4)CC2)C1. The smallest absolute Gasteiger partial charge is 0.240 e. The fourth-order valence-electron chi connectivity index (χ4n) is 4.87. The van der Waals surface area contributed by atoms with Gasteiger partial charge in [-0.05, 0) is 43.7 Å². The molecule has 0 bridgehead atoms. The van der Waals surface area contributed by atoms with Crippen LogP contribution in [0.4, 0.5) is 0 Å². The van der Waals surface area contributed by atoms with Gasteiger partial charge >= 0.3 is 0 Å². The number of sulfonamides is 1. The summed E-state index contributed by atoms with van der Waals surface area (Å²) in [6.07, 6.45) is 4.38. The minimum absolute atomic E-state index is 0.0140. The summed E-state index contributed by atoms with van der Waals surface area (Å²) in [5, 5.41) is 0. The number of carbonyl (C=O) groups is 2. The van der Waals surface area contributed by atoms with Crippen LogP contribution >= 0.6 is 0 Å². The van der Waals surface area contributed by atoms with Gasteiger partial charge in [-0.3, -0.25) is 9.59 Å². The van der Waals surface area contributed by atoms with Crippen molar-refractivity contribution in [1.29, 1.82) is 0 Å². The van der Waals surface area contributed by atoms with Gasteiger partial charge in [-0.25, -0.2) is 13.1 Å². The average Bonchev–Trinajstić information content (AvgIpc) is 3.08. The van der Waals surface area contributed by atoms with Gasteiger partial charge in [0.25, 0.3) is 0 Å². The van der Waals surface area contributed by atoms with Gasteiger partial charge in [0.2, 0.25) is 21.8 Å². The van der Waals surface area contributed by atoms with Crippen molar-refractivity contribution >= 4 is 21.8 Å². The molecule has 3 aliphatic heterocycles. The van der Waals surface area contributed by atoms with Gasteiger partial charge < -0.3 is 19.3 Å². The van der Waals surface area contributed by atoms with Crippen LogP contribution < -0.4 is 14.2 Å². The van der Waals surface area contributed by atoms with Crippen LogP contribution in [0.3, 0.4) is 0 Å². The number of rotatable bonds is 6. The molecule has 0 aliphatic carbocycles. The summed E-state index contributed by atoms with van der Waals surface area (Å²) in [6.45, 7) is 5.94. The van der Waals surface area contributed by atoms with Crippen molar-refractivity contribution in [2.45, 2.75) is 50.3 Å². The van der Waals surface area contributed by atoms with E-state index in [-0.39, 0.29) is 35.6 Å². The fourth-order valence-corrected chi connectivity index (χ4v) is 5.91. The maximum absolute atomic E-state index is 12.8. The Morgan fingerprint density at radius 1 is 1.00 bits per heavy atom. The van der Waals surface area contributed by atoms with Gasteiger partial charge in [-0.2, -0.15) is 0 Å². The highest BCUT2D eigenvalue weighted by Gasteiger charge is 2.31. The van der Waals surface area contributed by atoms with Crippen LogP contribution in [0.25, 0.3) is 0 Å². The normalized spacial score (nSPS) is 21.7. The van der Waals surface area contributed by atoms with E-state index < -0.39 is 10.0 Å². The lowest BCUT2D eigenvalue weighted by Crippen LogP contribution is -2.47. The number of benzene rings is 1. The molecule has 1 aromatic carbocycles. The summed E-state index contributed by atoms with van der Waals surface area (Å²) in [5.41, 5.74) is 0. The molecule has 2 amide bonds. The molecule has 0 spiro atoms. The predicted octanol–water partition coefficient (Wildman–Crippen LogP) is 2.01. The Morgan fingerprint density at radius 2 is 1.74 bits per heavy atom. The zero-order valence-corrected chi connectivity index (χ0v) is 20.6. The first-order valence-electron chi connectivity index (χ1n) is 12.3. The first-order chi connectivity index (χ1) is 16.3. The lowest BCUT2D eigenvalue weighted by atomic mass is 9.92. The van der Waals surface area contributed by atoms with E-state index in [0.29, 0.717) is 56.6 Å². The molecule has 3 aliphatic rings. The summed E-state index contributed by atoms with van der Waals surface area (Å²) in [5.74, 6) is 1.60. The van der Waals surface area contributed by atoms with Gasteiger partial charge in [-0.15, -0.1) is 0 Å². The van der Waals surface area contributed by atoms with Crippen molar-refractivity contribution in [1.82, 2.24) is 14.5 Å². The number of hydrogen-bond acceptors (Lipinski definition) is 6. The van der Waals surface area contributed by atoms with E-state index in [1.165, 1.54) is 18.6 Å². The number of nitrogens with one attached hydrogen (secondary N) is 1. The molecule has 1 atom stereocenters. The Kier molecular flexibility index (Phi) is 7.98. The lowest BCUT2D eigenvalue weighted by molar-refractivity contribution is -0.142. The third-order valence-corrected chi connectivity index (χ3v) is 8.28. The zero-order chi connectivity index (χ0) is 24.1. The standard InChI is InChI=1S/C24H35N3O6S/c1-18-4-2-11-27(17-18)24(29)19-8-12-26(13-9-19)23(28)7-10-25-34(30,31)20-5-6-21-22(16-20)33-15-3-14-32-21/h5-6,16,18-19,25H,2-4,7-15,17H2,1H3. The van der Waals surface area contributed by atoms with Gasteiger partial charge in [0, 0.05) is 57.5 Å². The van der Waals surface area contributed by atoms with E-state index in [4.69, 9.17) is 9.47 Å². The number of nitrogens with zero attached hydrogens (tertiary/aromatic N) is 2. The molecule has 0 aromatic heterocycles. The van der Waals surface area contributed by atoms with Gasteiger partial charge in [0.05, 0.1) is 18.1 Å². The third-order valence-electron chi connectivity index (χ3n) is 6.83. The van der Waals surface area contributed by atoms with Crippen LogP contribution in [0, 0.1) is 11.8 Å². The van der Waals surface area contributed by atoms with Gasteiger partial charge in [-0.1, -0.05) is 6.92 Å². The van der Waals surface area contributed by atoms with Crippen molar-refractivity contribution in [2.75, 3.05) is 45.9 Å². The second-order valence-corrected chi connectivity index (χ2v) is 11.3. The molecule has 0 radical (unpaired) electrons. The summed E-state index contributed by atoms with van der Waals surface area (Å²) < 4.78 is 39.0. The number of hydrogen-bond donors (Lipinski definition) is 1. The number of carbonyl (C=O) groups excluding carboxylic acids is 2. The van der Waals surface area contributed by atoms with Gasteiger partial charge in [0.15, 0.2) is 11.5 Å². The summed E-state index contributed by atoms with van der Waals surface area (Å²) in [6, 6.07) is 4.52. The largest absolute Gasteiger partial charge is 0.490 e. The van der Waals surface area contributed by atoms with Crippen LogP contribution in [0.15, 0.2) is 23.1 Å². The molecular formula is C24H35N3O6S. The highest BCUT2D eigenvalue weighted by Crippen LogP contribution is 2.32. The maximum atomic E-state index is 12.8. The first-order valence-corrected chi connectivity index (χ1v) is 13.8. The number of amides is 2. The van der Waals surface area contributed by atoms with Crippen molar-refractivity contribution in [3.05, 3.63) is 18.2 Å². The Balaban J connectivity index is 1.23. The monoisotopic (exact) mass is 493 g/mol. The van der Waals surface area contributed by atoms with Crippen molar-refractivity contribution < 1.29 is 27.5 Å². The zero-order valence-electron chi connectivity index (χ0n) is 19.8. The van der Waals surface area contributed by atoms with E-state index in [2.05, 4.69) is 11.6 Å². The number of likely N-dealkylation sites (tertiary alicyclic amines) is 2. The second kappa shape index (κ2) is 10.9. The summed E-state index contributed by atoms with van der Waals surface area (Å²) in [4.78, 5) is 29.3. The molecule has 0 saturated carbocycles. The van der Waals surface area contributed by atoms with Crippen molar-refractivity contribution in [3.8, 4) is 11.5 Å². The van der Waals surface area contributed by atoms with Crippen LogP contribution in [-0.4, -0.2) is 76.0 Å². The molecule has 2 fully saturated rings. The Hall–Kier alpha value is -2.33. The number of fused-ring (bicyclic) bond motifs is 1. The average molecular weight is 494 g/mol. The fraction of sp³-hybridized carbons (Fsp3) is 0.667. The minimum atomic E-state index is -3.78. The molecule has 9 nitrogen and oxygen atoms in total. The summed E-state index contributed by atoms with van der Waals surface area (Å²) in [7, 11) is -3.78. The first kappa shape index (κ1) is 24.8. The van der Waals surface area contributed by atoms with Crippen molar-refractivity contribution in [3.63, 3.8) is 0 Å². The molecule has 2 saturated heterocycles. The molecule has 34 heavy (non-hydrogen) atoms. The van der Waals surface area contributed by atoms with Crippen molar-refractivity contribution in [2.24, 2.45) is 11.8 Å². The topological polar surface area (TPSA) is 105 Å². The molecule has 188 valence electrons. The molecule has 1 unspecified atom stereocenters. The molecule has 10 heteroatoms. The van der Waals surface area contributed by atoms with Crippen LogP contribution in [0.5, 0.6) is 11.5 Å². The van der Waals surface area contributed by atoms with Crippen LogP contribution in [0.2, 0.25) is 0 Å². The van der Waals surface area contributed by atoms with E-state index in [1.807, 2.05) is 4.90 Å². The molecule has 1 aromatic rings. The highest BCUT2D eigenvalue weighted by molar-refractivity contribution is 7.89. The predicted molar refractivity (Wildman–Crippen MR) is 126 cm³/mol. The van der Waals surface area contributed by atoms with Crippen LogP contribution in [-0.2, 0) is 19.6 Å². The lowest BCUT2D eigenvalue weighted by Gasteiger charge is -2.37. The number of piperidine rings is 2. The maximum Gasteiger partial charge on any atom is 0.240 e. The minimum Gasteiger partial charge on any atom is -0.490 e.